The van der Waals surface area contributed by atoms with Gasteiger partial charge in [-0.25, -0.2) is 0 Å². The van der Waals surface area contributed by atoms with E-state index in [0.29, 0.717) is 49.6 Å². The fraction of sp³-hybridized carbons (Fsp3) is 0.720. The van der Waals surface area contributed by atoms with Crippen molar-refractivity contribution in [3.05, 3.63) is 119 Å². The summed E-state index contributed by atoms with van der Waals surface area (Å²) in [5.41, 5.74) is 11.8. The van der Waals surface area contributed by atoms with Gasteiger partial charge < -0.3 is 57.8 Å². The number of carbonyl (C=O) groups excluding carboxylic acids is 1. The molecule has 8 aliphatic rings. The van der Waals surface area contributed by atoms with Crippen LogP contribution in [0.2, 0.25) is 0 Å². The predicted molar refractivity (Wildman–Crippen MR) is 340 cm³/mol. The zero-order valence-corrected chi connectivity index (χ0v) is 55.8. The molecule has 3 heterocycles. The molecule has 3 saturated heterocycles. The van der Waals surface area contributed by atoms with E-state index < -0.39 is 67.0 Å². The first-order valence-electron chi connectivity index (χ1n) is 34.0. The summed E-state index contributed by atoms with van der Waals surface area (Å²) in [6.07, 6.45) is 4.58. The maximum absolute atomic E-state index is 16.3. The molecule has 4 saturated carbocycles. The van der Waals surface area contributed by atoms with Crippen LogP contribution in [0.5, 0.6) is 0 Å². The van der Waals surface area contributed by atoms with E-state index in [-0.39, 0.29) is 76.7 Å². The highest BCUT2D eigenvalue weighted by Crippen LogP contribution is 2.77. The van der Waals surface area contributed by atoms with Crippen molar-refractivity contribution in [2.24, 2.45) is 79.6 Å². The number of nitrogens with two attached hydrogens (primary N) is 1. The van der Waals surface area contributed by atoms with Crippen LogP contribution in [0.1, 0.15) is 164 Å². The predicted octanol–water partition coefficient (Wildman–Crippen LogP) is 14.2. The molecule has 13 nitrogen and oxygen atoms in total. The van der Waals surface area contributed by atoms with E-state index in [1.807, 2.05) is 80.6 Å². The second kappa shape index (κ2) is 26.4. The lowest BCUT2D eigenvalue weighted by atomic mass is 9.32. The summed E-state index contributed by atoms with van der Waals surface area (Å²) in [6.45, 7) is 32.9. The molecule has 13 unspecified atom stereocenters. The number of hydrogen-bond donors (Lipinski definition) is 1. The molecule has 23 atom stereocenters. The van der Waals surface area contributed by atoms with E-state index in [1.54, 1.807) is 7.11 Å². The Labute approximate surface area is 527 Å². The number of fused-ring (bicyclic) bond motifs is 7. The van der Waals surface area contributed by atoms with Crippen LogP contribution >= 0.6 is 0 Å². The summed E-state index contributed by atoms with van der Waals surface area (Å²) in [6, 6.07) is 29.9. The number of ether oxygens (including phenoxy) is 11. The van der Waals surface area contributed by atoms with E-state index in [1.165, 1.54) is 31.3 Å². The molecule has 486 valence electrons. The number of allylic oxidation sites excluding steroid dienone is 2. The smallest absolute Gasteiger partial charge is 0.315 e. The van der Waals surface area contributed by atoms with Gasteiger partial charge in [0, 0.05) is 31.6 Å². The van der Waals surface area contributed by atoms with Gasteiger partial charge in [0.25, 0.3) is 0 Å². The van der Waals surface area contributed by atoms with Gasteiger partial charge in [-0.2, -0.15) is 0 Å². The van der Waals surface area contributed by atoms with Crippen molar-refractivity contribution in [2.75, 3.05) is 26.9 Å². The van der Waals surface area contributed by atoms with Crippen molar-refractivity contribution in [3.63, 3.8) is 0 Å². The van der Waals surface area contributed by atoms with Gasteiger partial charge in [-0.1, -0.05) is 179 Å². The normalized spacial score (nSPS) is 42.8. The SMILES string of the molecule is CCOC1C(OC)[C@H](OC2C(C)C(N)[C@H](COCc3ccccc3)O[C@H]2OC(=O)C23CCC(C)(C)CC2C2=CCC4C5(C)CC[C@H](C)C(C)(C)[C@@H]5CC[C@]4(C)[C@]2(C)C[C@@H]3C)O[C@H](C)C1O[C@@H]1OCC(OCc2ccccc2)C(OCc2ccccc2)C1C. The van der Waals surface area contributed by atoms with Crippen molar-refractivity contribution in [2.45, 2.75) is 241 Å². The quantitative estimate of drug-likeness (QED) is 0.0899. The zero-order valence-electron chi connectivity index (χ0n) is 55.8. The van der Waals surface area contributed by atoms with E-state index in [2.05, 4.69) is 107 Å². The molecule has 0 spiro atoms. The molecule has 0 aromatic heterocycles. The van der Waals surface area contributed by atoms with Gasteiger partial charge in [0.2, 0.25) is 6.29 Å². The summed E-state index contributed by atoms with van der Waals surface area (Å²) in [7, 11) is 1.64. The van der Waals surface area contributed by atoms with E-state index in [9.17, 15) is 0 Å². The van der Waals surface area contributed by atoms with Gasteiger partial charge in [-0.05, 0) is 145 Å². The van der Waals surface area contributed by atoms with Crippen LogP contribution in [0.4, 0.5) is 0 Å². The lowest BCUT2D eigenvalue weighted by Crippen LogP contribution is -2.67. The molecule has 7 fully saturated rings. The number of carbonyl (C=O) groups is 1. The molecular weight excluding hydrogens is 1110 g/mol. The van der Waals surface area contributed by atoms with Crippen molar-refractivity contribution in [1.29, 1.82) is 0 Å². The van der Waals surface area contributed by atoms with Crippen LogP contribution in [0.3, 0.4) is 0 Å². The standard InChI is InChI=1S/C75H109NO12/c1-15-80-64-63(87-66-49(5)61(82-43-53-29-23-18-24-30-53)57(45-83-66)81-42-52-27-21-17-22-28-52)50(6)84-68(65(64)78-14)86-62-48(4)60(76)56(44-79-41-51-25-19-16-20-26-51)85-67(62)88-69(77)75-38-37-70(7,8)40-55(75)54-31-32-59-72(11)35-33-46(2)71(9,10)58(72)34-36-73(59,12)74(54,13)39-47(75)3/h16-31,46-50,55-68H,15,32-45,76H2,1-14H3/t46-,47-,48?,49?,50+,55?,56-,57?,58-,59?,60?,61?,62?,63?,64?,65?,66-,67-,68-,72?,73-,74+,75?/m0/s1. The Kier molecular flexibility index (Phi) is 19.8. The lowest BCUT2D eigenvalue weighted by Gasteiger charge is -2.72. The van der Waals surface area contributed by atoms with Crippen molar-refractivity contribution >= 4 is 5.97 Å². The largest absolute Gasteiger partial charge is 0.432 e. The Balaban J connectivity index is 0.861. The monoisotopic (exact) mass is 1220 g/mol. The molecule has 3 aliphatic heterocycles. The summed E-state index contributed by atoms with van der Waals surface area (Å²) in [5.74, 6) is 1.18. The molecule has 13 heteroatoms. The van der Waals surface area contributed by atoms with Crippen LogP contribution in [0.25, 0.3) is 0 Å². The first-order valence-corrected chi connectivity index (χ1v) is 34.0. The van der Waals surface area contributed by atoms with Gasteiger partial charge in [0.15, 0.2) is 12.6 Å². The molecule has 0 amide bonds. The number of esters is 1. The lowest BCUT2D eigenvalue weighted by molar-refractivity contribution is -0.370. The van der Waals surface area contributed by atoms with Gasteiger partial charge in [-0.15, -0.1) is 0 Å². The minimum atomic E-state index is -1.15. The molecule has 0 bridgehead atoms. The molecule has 0 radical (unpaired) electrons. The highest BCUT2D eigenvalue weighted by atomic mass is 16.8. The van der Waals surface area contributed by atoms with Crippen LogP contribution < -0.4 is 5.73 Å². The van der Waals surface area contributed by atoms with Crippen LogP contribution in [-0.2, 0) is 76.7 Å². The summed E-state index contributed by atoms with van der Waals surface area (Å²) in [5, 5.41) is 0. The van der Waals surface area contributed by atoms with Crippen molar-refractivity contribution in [3.8, 4) is 0 Å². The number of hydrogen-bond acceptors (Lipinski definition) is 13. The van der Waals surface area contributed by atoms with E-state index in [4.69, 9.17) is 57.8 Å². The maximum atomic E-state index is 16.3. The molecular formula is C75H109NO12. The van der Waals surface area contributed by atoms with Gasteiger partial charge >= 0.3 is 5.97 Å². The Bertz CT molecular complexity index is 2820. The highest BCUT2D eigenvalue weighted by Gasteiger charge is 2.71. The third kappa shape index (κ3) is 12.2. The number of benzene rings is 3. The first-order chi connectivity index (χ1) is 42.0. The fourth-order valence-corrected chi connectivity index (χ4v) is 19.3. The fourth-order valence-electron chi connectivity index (χ4n) is 19.3. The van der Waals surface area contributed by atoms with Crippen LogP contribution in [0, 0.1) is 73.9 Å². The molecule has 3 aromatic carbocycles. The minimum Gasteiger partial charge on any atom is -0.432 e. The third-order valence-corrected chi connectivity index (χ3v) is 25.0. The summed E-state index contributed by atoms with van der Waals surface area (Å²) >= 11 is 0. The molecule has 2 N–H and O–H groups in total. The maximum Gasteiger partial charge on any atom is 0.315 e. The zero-order chi connectivity index (χ0) is 62.6. The second-order valence-electron chi connectivity index (χ2n) is 30.7. The van der Waals surface area contributed by atoms with Crippen molar-refractivity contribution < 1.29 is 56.9 Å². The summed E-state index contributed by atoms with van der Waals surface area (Å²) < 4.78 is 74.9. The van der Waals surface area contributed by atoms with Gasteiger partial charge in [0.05, 0.1) is 50.7 Å². The Hall–Kier alpha value is -3.57. The van der Waals surface area contributed by atoms with Crippen LogP contribution in [0.15, 0.2) is 103 Å². The Morgan fingerprint density at radius 1 is 0.625 bits per heavy atom. The average molecular weight is 1220 g/mol. The van der Waals surface area contributed by atoms with Crippen LogP contribution in [-0.4, -0.2) is 107 Å². The minimum absolute atomic E-state index is 0.00909. The Morgan fingerprint density at radius 3 is 1.91 bits per heavy atom. The second-order valence-corrected chi connectivity index (χ2v) is 30.7. The van der Waals surface area contributed by atoms with Crippen molar-refractivity contribution in [1.82, 2.24) is 0 Å². The van der Waals surface area contributed by atoms with Gasteiger partial charge in [-0.3, -0.25) is 4.79 Å². The highest BCUT2D eigenvalue weighted by molar-refractivity contribution is 5.79. The van der Waals surface area contributed by atoms with Gasteiger partial charge in [0.1, 0.15) is 36.6 Å². The average Bonchev–Trinajstić information content (AvgIpc) is 0.680. The van der Waals surface area contributed by atoms with E-state index in [0.717, 1.165) is 48.8 Å². The first kappa shape index (κ1) is 65.9. The third-order valence-electron chi connectivity index (χ3n) is 25.0. The topological polar surface area (TPSA) is 145 Å². The molecule has 88 heavy (non-hydrogen) atoms. The molecule has 11 rings (SSSR count). The molecule has 3 aromatic rings. The van der Waals surface area contributed by atoms with E-state index >= 15 is 4.79 Å². The number of rotatable bonds is 19. The Morgan fingerprint density at radius 2 is 1.26 bits per heavy atom. The molecule has 5 aliphatic carbocycles. The summed E-state index contributed by atoms with van der Waals surface area (Å²) in [4.78, 5) is 16.3. The number of methoxy groups -OCH3 is 1.